The molecule has 0 spiro atoms. The first-order valence-electron chi connectivity index (χ1n) is 11.8. The number of hydrogen-bond donors (Lipinski definition) is 1. The van der Waals surface area contributed by atoms with E-state index in [9.17, 15) is 26.9 Å². The summed E-state index contributed by atoms with van der Waals surface area (Å²) in [4.78, 5) is 16.9. The van der Waals surface area contributed by atoms with Gasteiger partial charge in [0.2, 0.25) is 0 Å². The van der Waals surface area contributed by atoms with E-state index < -0.39 is 60.6 Å². The number of carbonyl (C=O) groups excluding carboxylic acids is 1. The summed E-state index contributed by atoms with van der Waals surface area (Å²) < 4.78 is 84.6. The summed E-state index contributed by atoms with van der Waals surface area (Å²) in [5.41, 5.74) is -0.577. The topological polar surface area (TPSA) is 143 Å². The third kappa shape index (κ3) is 8.55. The molecule has 2 atom stereocenters. The van der Waals surface area contributed by atoms with E-state index in [1.54, 1.807) is 6.07 Å². The van der Waals surface area contributed by atoms with E-state index >= 15 is 8.78 Å². The average molecular weight is 580 g/mol. The second-order valence-corrected chi connectivity index (χ2v) is 13.5. The smallest absolute Gasteiger partial charge is 0.425 e. The largest absolute Gasteiger partial charge is 0.431 e. The van der Waals surface area contributed by atoms with Crippen LogP contribution in [0.25, 0.3) is 0 Å². The Labute approximate surface area is 226 Å². The first-order chi connectivity index (χ1) is 18.2. The van der Waals surface area contributed by atoms with Crippen molar-refractivity contribution in [3.05, 3.63) is 54.4 Å². The van der Waals surface area contributed by atoms with Gasteiger partial charge in [0.25, 0.3) is 0 Å². The monoisotopic (exact) mass is 579 g/mol. The molecular formula is C26H27F2N3O6S2. The van der Waals surface area contributed by atoms with E-state index in [1.807, 2.05) is 6.07 Å². The lowest BCUT2D eigenvalue weighted by atomic mass is 9.97. The van der Waals surface area contributed by atoms with Gasteiger partial charge in [-0.3, -0.25) is 15.1 Å². The van der Waals surface area contributed by atoms with Crippen LogP contribution in [0.1, 0.15) is 31.7 Å². The molecule has 3 rings (SSSR count). The van der Waals surface area contributed by atoms with E-state index in [0.717, 1.165) is 30.5 Å². The quantitative estimate of drug-likeness (QED) is 0.354. The van der Waals surface area contributed by atoms with E-state index in [-0.39, 0.29) is 17.1 Å². The number of benzene rings is 1. The van der Waals surface area contributed by atoms with Crippen LogP contribution in [0.5, 0.6) is 5.75 Å². The van der Waals surface area contributed by atoms with Crippen molar-refractivity contribution in [3.63, 3.8) is 0 Å². The summed E-state index contributed by atoms with van der Waals surface area (Å²) in [6.45, 7) is 1.29. The molecule has 0 bridgehead atoms. The minimum Gasteiger partial charge on any atom is -0.431 e. The number of hydrogen-bond acceptors (Lipinski definition) is 9. The predicted molar refractivity (Wildman–Crippen MR) is 138 cm³/mol. The molecule has 1 aliphatic rings. The summed E-state index contributed by atoms with van der Waals surface area (Å²) in [6.07, 6.45) is 0.316. The van der Waals surface area contributed by atoms with E-state index in [1.165, 1.54) is 25.4 Å². The summed E-state index contributed by atoms with van der Waals surface area (Å²) in [5, 5.41) is 11.8. The molecule has 0 saturated heterocycles. The van der Waals surface area contributed by atoms with Crippen LogP contribution in [0.15, 0.2) is 53.7 Å². The van der Waals surface area contributed by atoms with Crippen molar-refractivity contribution >= 4 is 25.5 Å². The van der Waals surface area contributed by atoms with Gasteiger partial charge in [0.05, 0.1) is 33.9 Å². The summed E-state index contributed by atoms with van der Waals surface area (Å²) in [5.74, 6) is 2.21. The van der Waals surface area contributed by atoms with Crippen LogP contribution >= 0.6 is 0 Å². The van der Waals surface area contributed by atoms with Crippen molar-refractivity contribution in [3.8, 4) is 23.7 Å². The molecule has 2 aromatic rings. The van der Waals surface area contributed by atoms with Gasteiger partial charge in [0.1, 0.15) is 5.75 Å². The zero-order valence-corrected chi connectivity index (χ0v) is 22.9. The molecule has 0 aliphatic heterocycles. The zero-order chi connectivity index (χ0) is 28.9. The molecule has 39 heavy (non-hydrogen) atoms. The fourth-order valence-corrected chi connectivity index (χ4v) is 5.98. The maximum absolute atomic E-state index is 15.3. The lowest BCUT2D eigenvalue weighted by Crippen LogP contribution is -2.55. The number of ether oxygens (including phenoxy) is 1. The van der Waals surface area contributed by atoms with Crippen molar-refractivity contribution in [1.29, 1.82) is 5.26 Å². The molecule has 1 aromatic heterocycles. The molecule has 0 radical (unpaired) electrons. The lowest BCUT2D eigenvalue weighted by molar-refractivity contribution is -0.188. The number of aromatic nitrogens is 1. The maximum atomic E-state index is 15.3. The van der Waals surface area contributed by atoms with Gasteiger partial charge in [0, 0.05) is 25.1 Å². The van der Waals surface area contributed by atoms with Gasteiger partial charge in [-0.25, -0.2) is 16.8 Å². The Kier molecular flexibility index (Phi) is 9.11. The van der Waals surface area contributed by atoms with Gasteiger partial charge in [-0.2, -0.15) is 14.0 Å². The molecule has 1 saturated carbocycles. The SMILES string of the molecule is CC#CC(NC(CS(=O)(=O)Cc1cccnc1)C(=O)CC1(C#N)CC1)C(F)(F)Oc1ccc(S(C)(=O)=O)cc1. The Morgan fingerprint density at radius 1 is 1.21 bits per heavy atom. The molecule has 1 heterocycles. The van der Waals surface area contributed by atoms with E-state index in [0.29, 0.717) is 18.4 Å². The number of Topliss-reactive ketones (excluding diaryl/α,β-unsaturated/α-hetero) is 1. The molecule has 1 aliphatic carbocycles. The van der Waals surface area contributed by atoms with Crippen molar-refractivity contribution in [1.82, 2.24) is 10.3 Å². The third-order valence-corrected chi connectivity index (χ3v) is 8.76. The highest BCUT2D eigenvalue weighted by Crippen LogP contribution is 2.48. The number of nitriles is 1. The Morgan fingerprint density at radius 3 is 2.38 bits per heavy atom. The van der Waals surface area contributed by atoms with Gasteiger partial charge in [-0.1, -0.05) is 12.0 Å². The third-order valence-electron chi connectivity index (χ3n) is 6.02. The van der Waals surface area contributed by atoms with Crippen LogP contribution < -0.4 is 10.1 Å². The fraction of sp³-hybridized carbons (Fsp3) is 0.423. The van der Waals surface area contributed by atoms with Crippen LogP contribution in [-0.2, 0) is 30.2 Å². The minimum absolute atomic E-state index is 0.0998. The number of rotatable bonds is 13. The molecule has 208 valence electrons. The zero-order valence-electron chi connectivity index (χ0n) is 21.2. The number of nitrogens with one attached hydrogen (secondary N) is 1. The fourth-order valence-electron chi connectivity index (χ4n) is 3.76. The number of alkyl halides is 2. The van der Waals surface area contributed by atoms with Crippen LogP contribution in [-0.4, -0.2) is 57.8 Å². The van der Waals surface area contributed by atoms with Crippen molar-refractivity contribution < 1.29 is 35.1 Å². The highest BCUT2D eigenvalue weighted by Gasteiger charge is 2.48. The van der Waals surface area contributed by atoms with Crippen molar-refractivity contribution in [2.45, 2.75) is 55.0 Å². The van der Waals surface area contributed by atoms with Crippen molar-refractivity contribution in [2.24, 2.45) is 5.41 Å². The first-order valence-corrected chi connectivity index (χ1v) is 15.5. The molecule has 9 nitrogen and oxygen atoms in total. The molecule has 2 unspecified atom stereocenters. The van der Waals surface area contributed by atoms with Crippen LogP contribution in [0.4, 0.5) is 8.78 Å². The number of sulfone groups is 2. The van der Waals surface area contributed by atoms with Crippen LogP contribution in [0, 0.1) is 28.6 Å². The molecule has 1 N–H and O–H groups in total. The molecule has 0 amide bonds. The normalized spacial score (nSPS) is 16.2. The highest BCUT2D eigenvalue weighted by atomic mass is 32.2. The van der Waals surface area contributed by atoms with E-state index in [4.69, 9.17) is 4.74 Å². The second kappa shape index (κ2) is 11.8. The number of carbonyl (C=O) groups is 1. The summed E-state index contributed by atoms with van der Waals surface area (Å²) in [6, 6.07) is 5.70. The second-order valence-electron chi connectivity index (χ2n) is 9.41. The Morgan fingerprint density at radius 2 is 1.87 bits per heavy atom. The molecule has 13 heteroatoms. The molecule has 1 fully saturated rings. The lowest BCUT2D eigenvalue weighted by Gasteiger charge is -2.28. The molecular weight excluding hydrogens is 552 g/mol. The van der Waals surface area contributed by atoms with Gasteiger partial charge in [-0.05, 0) is 55.7 Å². The minimum atomic E-state index is -4.06. The number of pyridine rings is 1. The Hall–Kier alpha value is -3.39. The summed E-state index contributed by atoms with van der Waals surface area (Å²) in [7, 11) is -7.57. The maximum Gasteiger partial charge on any atom is 0.425 e. The van der Waals surface area contributed by atoms with Gasteiger partial charge in [0.15, 0.2) is 31.5 Å². The van der Waals surface area contributed by atoms with Crippen LogP contribution in [0.2, 0.25) is 0 Å². The van der Waals surface area contributed by atoms with Crippen LogP contribution in [0.3, 0.4) is 0 Å². The first kappa shape index (κ1) is 30.2. The Balaban J connectivity index is 1.86. The Bertz CT molecular complexity index is 1510. The summed E-state index contributed by atoms with van der Waals surface area (Å²) >= 11 is 0. The number of ketones is 1. The predicted octanol–water partition coefficient (Wildman–Crippen LogP) is 2.68. The van der Waals surface area contributed by atoms with Gasteiger partial charge in [-0.15, -0.1) is 5.92 Å². The number of nitrogens with zero attached hydrogens (tertiary/aromatic N) is 2. The van der Waals surface area contributed by atoms with Gasteiger partial charge < -0.3 is 4.74 Å². The standard InChI is InChI=1S/C26H27F2N3O6S2/c1-3-5-24(26(27,28)37-20-7-9-21(10-8-20)38(2,33)34)31-22(23(32)14-25(18-29)11-12-25)17-39(35,36)16-19-6-4-13-30-15-19/h4,6-10,13,15,22,24,31H,11-12,14,16-17H2,1-2H3. The van der Waals surface area contributed by atoms with Gasteiger partial charge >= 0.3 is 6.11 Å². The molecule has 1 aromatic carbocycles. The van der Waals surface area contributed by atoms with E-state index in [2.05, 4.69) is 22.1 Å². The van der Waals surface area contributed by atoms with Crippen molar-refractivity contribution in [2.75, 3.05) is 12.0 Å². The highest BCUT2D eigenvalue weighted by molar-refractivity contribution is 7.91. The number of halogens is 2. The average Bonchev–Trinajstić information content (AvgIpc) is 3.62.